The van der Waals surface area contributed by atoms with E-state index in [1.807, 2.05) is 6.20 Å². The number of rotatable bonds is 5. The summed E-state index contributed by atoms with van der Waals surface area (Å²) >= 11 is 0. The average molecular weight is 207 g/mol. The number of aryl methyl sites for hydroxylation is 1. The minimum absolute atomic E-state index is 0.934. The lowest BCUT2D eigenvalue weighted by molar-refractivity contribution is 0.465. The molecule has 1 heterocycles. The van der Waals surface area contributed by atoms with Crippen molar-refractivity contribution in [2.24, 2.45) is 5.92 Å². The Kier molecular flexibility index (Phi) is 3.78. The first-order valence-corrected chi connectivity index (χ1v) is 6.05. The molecule has 0 aromatic carbocycles. The van der Waals surface area contributed by atoms with Gasteiger partial charge in [0, 0.05) is 18.4 Å². The van der Waals surface area contributed by atoms with Crippen LogP contribution >= 0.6 is 0 Å². The zero-order valence-corrected chi connectivity index (χ0v) is 9.58. The summed E-state index contributed by atoms with van der Waals surface area (Å²) in [5.74, 6) is 0.934. The molecule has 0 atom stereocenters. The Labute approximate surface area is 91.9 Å². The van der Waals surface area contributed by atoms with Crippen LogP contribution in [-0.2, 0) is 6.54 Å². The van der Waals surface area contributed by atoms with E-state index in [-0.39, 0.29) is 0 Å². The number of hydrogen-bond donors (Lipinski definition) is 1. The van der Waals surface area contributed by atoms with E-state index in [1.54, 1.807) is 0 Å². The average Bonchev–Trinajstić information content (AvgIpc) is 2.85. The fourth-order valence-electron chi connectivity index (χ4n) is 2.34. The Hall–Kier alpha value is -0.830. The normalized spacial score (nSPS) is 17.4. The molecular weight excluding hydrogens is 186 g/mol. The zero-order chi connectivity index (χ0) is 10.5. The molecule has 0 unspecified atom stereocenters. The molecule has 0 amide bonds. The molecule has 1 saturated carbocycles. The summed E-state index contributed by atoms with van der Waals surface area (Å²) in [6.07, 6.45) is 7.59. The maximum absolute atomic E-state index is 4.26. The van der Waals surface area contributed by atoms with Crippen molar-refractivity contribution in [1.82, 2.24) is 15.1 Å². The third-order valence-electron chi connectivity index (χ3n) is 3.34. The van der Waals surface area contributed by atoms with E-state index in [4.69, 9.17) is 0 Å². The Morgan fingerprint density at radius 3 is 2.93 bits per heavy atom. The fraction of sp³-hybridized carbons (Fsp3) is 0.750. The molecular formula is C12H21N3. The van der Waals surface area contributed by atoms with Crippen molar-refractivity contribution in [2.75, 3.05) is 13.1 Å². The summed E-state index contributed by atoms with van der Waals surface area (Å²) in [7, 11) is 0. The first kappa shape index (κ1) is 10.7. The van der Waals surface area contributed by atoms with Gasteiger partial charge in [-0.25, -0.2) is 0 Å². The van der Waals surface area contributed by atoms with Crippen LogP contribution in [0.4, 0.5) is 0 Å². The lowest BCUT2D eigenvalue weighted by Crippen LogP contribution is -2.25. The van der Waals surface area contributed by atoms with Gasteiger partial charge in [0.1, 0.15) is 0 Å². The molecule has 84 valence electrons. The maximum atomic E-state index is 4.26. The quantitative estimate of drug-likeness (QED) is 0.748. The van der Waals surface area contributed by atoms with E-state index < -0.39 is 0 Å². The van der Waals surface area contributed by atoms with Gasteiger partial charge in [0.2, 0.25) is 0 Å². The Balaban J connectivity index is 1.60. The van der Waals surface area contributed by atoms with E-state index in [1.165, 1.54) is 37.9 Å². The SMILES string of the molecule is Cc1ccnn1CCNCC1CCCC1. The molecule has 3 heteroatoms. The largest absolute Gasteiger partial charge is 0.315 e. The van der Waals surface area contributed by atoms with E-state index >= 15 is 0 Å². The molecule has 1 N–H and O–H groups in total. The van der Waals surface area contributed by atoms with Gasteiger partial charge in [0.15, 0.2) is 0 Å². The molecule has 2 rings (SSSR count). The molecule has 0 saturated heterocycles. The van der Waals surface area contributed by atoms with Gasteiger partial charge in [-0.2, -0.15) is 5.10 Å². The molecule has 0 bridgehead atoms. The highest BCUT2D eigenvalue weighted by Crippen LogP contribution is 2.23. The molecule has 1 aliphatic rings. The molecule has 1 fully saturated rings. The lowest BCUT2D eigenvalue weighted by Gasteiger charge is -2.10. The van der Waals surface area contributed by atoms with Crippen LogP contribution in [0.3, 0.4) is 0 Å². The van der Waals surface area contributed by atoms with E-state index in [0.717, 1.165) is 19.0 Å². The number of hydrogen-bond acceptors (Lipinski definition) is 2. The van der Waals surface area contributed by atoms with Crippen molar-refractivity contribution >= 4 is 0 Å². The third kappa shape index (κ3) is 3.06. The monoisotopic (exact) mass is 207 g/mol. The fourth-order valence-corrected chi connectivity index (χ4v) is 2.34. The van der Waals surface area contributed by atoms with Gasteiger partial charge in [-0.15, -0.1) is 0 Å². The molecule has 3 nitrogen and oxygen atoms in total. The molecule has 1 aromatic rings. The highest BCUT2D eigenvalue weighted by molar-refractivity contribution is 4.96. The van der Waals surface area contributed by atoms with Crippen LogP contribution in [0.25, 0.3) is 0 Å². The van der Waals surface area contributed by atoms with Gasteiger partial charge in [0.05, 0.1) is 6.54 Å². The highest BCUT2D eigenvalue weighted by atomic mass is 15.3. The minimum Gasteiger partial charge on any atom is -0.315 e. The number of nitrogens with one attached hydrogen (secondary N) is 1. The van der Waals surface area contributed by atoms with Crippen molar-refractivity contribution in [2.45, 2.75) is 39.2 Å². The summed E-state index contributed by atoms with van der Waals surface area (Å²) in [4.78, 5) is 0. The first-order valence-electron chi connectivity index (χ1n) is 6.05. The minimum atomic E-state index is 0.934. The van der Waals surface area contributed by atoms with Crippen LogP contribution in [0, 0.1) is 12.8 Å². The predicted molar refractivity (Wildman–Crippen MR) is 61.8 cm³/mol. The number of nitrogens with zero attached hydrogens (tertiary/aromatic N) is 2. The summed E-state index contributed by atoms with van der Waals surface area (Å²) in [5.41, 5.74) is 1.25. The van der Waals surface area contributed by atoms with Gasteiger partial charge in [0.25, 0.3) is 0 Å². The molecule has 0 aliphatic heterocycles. The summed E-state index contributed by atoms with van der Waals surface area (Å²) < 4.78 is 2.06. The van der Waals surface area contributed by atoms with Gasteiger partial charge in [-0.05, 0) is 38.3 Å². The smallest absolute Gasteiger partial charge is 0.0537 e. The third-order valence-corrected chi connectivity index (χ3v) is 3.34. The van der Waals surface area contributed by atoms with Crippen LogP contribution < -0.4 is 5.32 Å². The molecule has 0 spiro atoms. The van der Waals surface area contributed by atoms with Crippen LogP contribution in [0.5, 0.6) is 0 Å². The summed E-state index contributed by atoms with van der Waals surface area (Å²) in [6.45, 7) is 5.33. The van der Waals surface area contributed by atoms with Gasteiger partial charge in [-0.3, -0.25) is 4.68 Å². The molecule has 1 aromatic heterocycles. The lowest BCUT2D eigenvalue weighted by atomic mass is 10.1. The van der Waals surface area contributed by atoms with E-state index in [0.29, 0.717) is 0 Å². The van der Waals surface area contributed by atoms with Crippen LogP contribution in [0.2, 0.25) is 0 Å². The molecule has 1 aliphatic carbocycles. The van der Waals surface area contributed by atoms with E-state index in [2.05, 4.69) is 28.1 Å². The van der Waals surface area contributed by atoms with Crippen LogP contribution in [-0.4, -0.2) is 22.9 Å². The first-order chi connectivity index (χ1) is 7.36. The zero-order valence-electron chi connectivity index (χ0n) is 9.58. The Morgan fingerprint density at radius 1 is 1.47 bits per heavy atom. The standard InChI is InChI=1S/C12H21N3/c1-11-6-7-14-15(11)9-8-13-10-12-4-2-3-5-12/h6-7,12-13H,2-5,8-10H2,1H3. The van der Waals surface area contributed by atoms with Gasteiger partial charge >= 0.3 is 0 Å². The van der Waals surface area contributed by atoms with Gasteiger partial charge in [-0.1, -0.05) is 12.8 Å². The highest BCUT2D eigenvalue weighted by Gasteiger charge is 2.13. The van der Waals surface area contributed by atoms with Crippen molar-refractivity contribution in [3.05, 3.63) is 18.0 Å². The predicted octanol–water partition coefficient (Wildman–Crippen LogP) is 1.97. The Bertz CT molecular complexity index is 287. The van der Waals surface area contributed by atoms with Crippen LogP contribution in [0.15, 0.2) is 12.3 Å². The second-order valence-electron chi connectivity index (χ2n) is 4.55. The second kappa shape index (κ2) is 5.31. The maximum Gasteiger partial charge on any atom is 0.0537 e. The Morgan fingerprint density at radius 2 is 2.27 bits per heavy atom. The van der Waals surface area contributed by atoms with Crippen molar-refractivity contribution in [3.63, 3.8) is 0 Å². The van der Waals surface area contributed by atoms with Crippen molar-refractivity contribution in [3.8, 4) is 0 Å². The van der Waals surface area contributed by atoms with Crippen molar-refractivity contribution in [1.29, 1.82) is 0 Å². The summed E-state index contributed by atoms with van der Waals surface area (Å²) in [6, 6.07) is 2.05. The summed E-state index contributed by atoms with van der Waals surface area (Å²) in [5, 5.41) is 7.79. The topological polar surface area (TPSA) is 29.9 Å². The molecule has 15 heavy (non-hydrogen) atoms. The number of aromatic nitrogens is 2. The van der Waals surface area contributed by atoms with Crippen molar-refractivity contribution < 1.29 is 0 Å². The second-order valence-corrected chi connectivity index (χ2v) is 4.55. The molecule has 0 radical (unpaired) electrons. The van der Waals surface area contributed by atoms with Gasteiger partial charge < -0.3 is 5.32 Å². The van der Waals surface area contributed by atoms with Crippen LogP contribution in [0.1, 0.15) is 31.4 Å². The van der Waals surface area contributed by atoms with E-state index in [9.17, 15) is 0 Å².